The Hall–Kier alpha value is -0.470. The van der Waals surface area contributed by atoms with Crippen LogP contribution in [0, 0.1) is 6.92 Å². The summed E-state index contributed by atoms with van der Waals surface area (Å²) < 4.78 is 0. The topological polar surface area (TPSA) is 26.0 Å². The second-order valence-electron chi connectivity index (χ2n) is 3.63. The van der Waals surface area contributed by atoms with Gasteiger partial charge in [0.15, 0.2) is 0 Å². The van der Waals surface area contributed by atoms with Gasteiger partial charge in [0.25, 0.3) is 0 Å². The molecule has 0 spiro atoms. The van der Waals surface area contributed by atoms with E-state index < -0.39 is 0 Å². The smallest absolute Gasteiger partial charge is 0.0147 e. The van der Waals surface area contributed by atoms with Crippen molar-refractivity contribution < 1.29 is 0 Å². The molecular weight excluding hydrogens is 178 g/mol. The van der Waals surface area contributed by atoms with Gasteiger partial charge in [0.2, 0.25) is 0 Å². The van der Waals surface area contributed by atoms with E-state index in [0.717, 1.165) is 18.2 Å². The first-order valence-corrected chi connectivity index (χ1v) is 5.64. The monoisotopic (exact) mass is 193 g/mol. The SMILES string of the molecule is Cc1ccc2c(c1)CC(CCN)S2. The number of rotatable bonds is 2. The molecule has 13 heavy (non-hydrogen) atoms. The Morgan fingerprint density at radius 2 is 2.38 bits per heavy atom. The first-order chi connectivity index (χ1) is 6.29. The molecular formula is C11H15NS. The Labute approximate surface area is 83.7 Å². The van der Waals surface area contributed by atoms with Crippen molar-refractivity contribution in [3.05, 3.63) is 29.3 Å². The number of thioether (sulfide) groups is 1. The van der Waals surface area contributed by atoms with Gasteiger partial charge in [-0.1, -0.05) is 17.7 Å². The van der Waals surface area contributed by atoms with Crippen LogP contribution in [0.1, 0.15) is 17.5 Å². The minimum absolute atomic E-state index is 0.724. The van der Waals surface area contributed by atoms with Crippen LogP contribution in [0.25, 0.3) is 0 Å². The van der Waals surface area contributed by atoms with Gasteiger partial charge in [0, 0.05) is 10.1 Å². The molecule has 0 aromatic heterocycles. The summed E-state index contributed by atoms with van der Waals surface area (Å²) in [6.07, 6.45) is 2.34. The highest BCUT2D eigenvalue weighted by Crippen LogP contribution is 2.38. The standard InChI is InChI=1S/C11H15NS/c1-8-2-3-11-9(6-8)7-10(13-11)4-5-12/h2-3,6,10H,4-5,7,12H2,1H3. The number of nitrogens with two attached hydrogens (primary N) is 1. The van der Waals surface area contributed by atoms with Crippen molar-refractivity contribution in [2.75, 3.05) is 6.54 Å². The Morgan fingerprint density at radius 1 is 1.54 bits per heavy atom. The predicted octanol–water partition coefficient (Wildman–Crippen LogP) is 2.36. The van der Waals surface area contributed by atoms with E-state index in [-0.39, 0.29) is 0 Å². The van der Waals surface area contributed by atoms with E-state index in [1.807, 2.05) is 11.8 Å². The predicted molar refractivity (Wildman–Crippen MR) is 58.2 cm³/mol. The van der Waals surface area contributed by atoms with Crippen LogP contribution in [0.3, 0.4) is 0 Å². The third-order valence-electron chi connectivity index (χ3n) is 2.45. The minimum Gasteiger partial charge on any atom is -0.330 e. The third-order valence-corrected chi connectivity index (χ3v) is 3.83. The lowest BCUT2D eigenvalue weighted by Crippen LogP contribution is -2.09. The van der Waals surface area contributed by atoms with Gasteiger partial charge in [-0.05, 0) is 37.9 Å². The van der Waals surface area contributed by atoms with E-state index in [9.17, 15) is 0 Å². The van der Waals surface area contributed by atoms with Gasteiger partial charge in [0.1, 0.15) is 0 Å². The summed E-state index contributed by atoms with van der Waals surface area (Å²) >= 11 is 1.99. The van der Waals surface area contributed by atoms with Crippen LogP contribution < -0.4 is 5.73 Å². The Kier molecular flexibility index (Phi) is 2.61. The molecule has 2 rings (SSSR count). The molecule has 2 N–H and O–H groups in total. The zero-order valence-electron chi connectivity index (χ0n) is 7.92. The molecule has 0 bridgehead atoms. The molecule has 0 radical (unpaired) electrons. The van der Waals surface area contributed by atoms with Crippen molar-refractivity contribution in [2.24, 2.45) is 5.73 Å². The van der Waals surface area contributed by atoms with E-state index in [1.54, 1.807) is 0 Å². The molecule has 0 saturated carbocycles. The van der Waals surface area contributed by atoms with Gasteiger partial charge in [-0.2, -0.15) is 0 Å². The van der Waals surface area contributed by atoms with Crippen LogP contribution in [0.5, 0.6) is 0 Å². The first kappa shape index (κ1) is 9.10. The Balaban J connectivity index is 2.16. The molecule has 70 valence electrons. The van der Waals surface area contributed by atoms with E-state index in [1.165, 1.54) is 22.4 Å². The van der Waals surface area contributed by atoms with Crippen molar-refractivity contribution >= 4 is 11.8 Å². The summed E-state index contributed by atoms with van der Waals surface area (Å²) in [6.45, 7) is 2.96. The van der Waals surface area contributed by atoms with Crippen LogP contribution in [-0.2, 0) is 6.42 Å². The van der Waals surface area contributed by atoms with Crippen molar-refractivity contribution in [3.8, 4) is 0 Å². The number of benzene rings is 1. The van der Waals surface area contributed by atoms with Crippen LogP contribution in [-0.4, -0.2) is 11.8 Å². The Morgan fingerprint density at radius 3 is 3.15 bits per heavy atom. The van der Waals surface area contributed by atoms with Crippen LogP contribution in [0.15, 0.2) is 23.1 Å². The second kappa shape index (κ2) is 3.72. The first-order valence-electron chi connectivity index (χ1n) is 4.76. The van der Waals surface area contributed by atoms with E-state index in [4.69, 9.17) is 5.73 Å². The van der Waals surface area contributed by atoms with Crippen LogP contribution in [0.2, 0.25) is 0 Å². The maximum absolute atomic E-state index is 5.56. The molecule has 0 aliphatic carbocycles. The van der Waals surface area contributed by atoms with Gasteiger partial charge >= 0.3 is 0 Å². The normalized spacial score (nSPS) is 20.3. The van der Waals surface area contributed by atoms with Crippen molar-refractivity contribution in [2.45, 2.75) is 29.9 Å². The van der Waals surface area contributed by atoms with E-state index in [0.29, 0.717) is 0 Å². The maximum Gasteiger partial charge on any atom is 0.0147 e. The maximum atomic E-state index is 5.56. The summed E-state index contributed by atoms with van der Waals surface area (Å²) in [6, 6.07) is 6.74. The number of aryl methyl sites for hydroxylation is 1. The Bertz CT molecular complexity index is 309. The van der Waals surface area contributed by atoms with E-state index >= 15 is 0 Å². The summed E-state index contributed by atoms with van der Waals surface area (Å²) in [7, 11) is 0. The summed E-state index contributed by atoms with van der Waals surface area (Å²) in [4.78, 5) is 1.46. The molecule has 1 heterocycles. The van der Waals surface area contributed by atoms with Crippen LogP contribution >= 0.6 is 11.8 Å². The molecule has 1 aromatic carbocycles. The highest BCUT2D eigenvalue weighted by atomic mass is 32.2. The molecule has 1 unspecified atom stereocenters. The summed E-state index contributed by atoms with van der Waals surface area (Å²) in [5.41, 5.74) is 8.45. The number of hydrogen-bond acceptors (Lipinski definition) is 2. The lowest BCUT2D eigenvalue weighted by molar-refractivity contribution is 0.773. The van der Waals surface area contributed by atoms with Crippen molar-refractivity contribution in [1.82, 2.24) is 0 Å². The molecule has 1 nitrogen and oxygen atoms in total. The fourth-order valence-corrected chi connectivity index (χ4v) is 3.11. The van der Waals surface area contributed by atoms with Crippen molar-refractivity contribution in [3.63, 3.8) is 0 Å². The van der Waals surface area contributed by atoms with Gasteiger partial charge in [-0.3, -0.25) is 0 Å². The summed E-state index contributed by atoms with van der Waals surface area (Å²) in [5.74, 6) is 0. The molecule has 0 amide bonds. The van der Waals surface area contributed by atoms with Gasteiger partial charge in [-0.25, -0.2) is 0 Å². The molecule has 1 atom stereocenters. The molecule has 1 aromatic rings. The highest BCUT2D eigenvalue weighted by Gasteiger charge is 2.20. The lowest BCUT2D eigenvalue weighted by Gasteiger charge is -2.03. The molecule has 1 aliphatic heterocycles. The highest BCUT2D eigenvalue weighted by molar-refractivity contribution is 8.00. The van der Waals surface area contributed by atoms with Gasteiger partial charge in [-0.15, -0.1) is 11.8 Å². The quantitative estimate of drug-likeness (QED) is 0.780. The van der Waals surface area contributed by atoms with Crippen LogP contribution in [0.4, 0.5) is 0 Å². The van der Waals surface area contributed by atoms with Gasteiger partial charge < -0.3 is 5.73 Å². The minimum atomic E-state index is 0.724. The zero-order valence-corrected chi connectivity index (χ0v) is 8.73. The van der Waals surface area contributed by atoms with Crippen molar-refractivity contribution in [1.29, 1.82) is 0 Å². The number of hydrogen-bond donors (Lipinski definition) is 1. The molecule has 1 aliphatic rings. The average Bonchev–Trinajstić information content (AvgIpc) is 2.46. The molecule has 2 heteroatoms. The third kappa shape index (κ3) is 1.89. The second-order valence-corrected chi connectivity index (χ2v) is 4.97. The average molecular weight is 193 g/mol. The van der Waals surface area contributed by atoms with E-state index in [2.05, 4.69) is 25.1 Å². The lowest BCUT2D eigenvalue weighted by atomic mass is 10.1. The zero-order chi connectivity index (χ0) is 9.26. The molecule has 0 fully saturated rings. The van der Waals surface area contributed by atoms with Gasteiger partial charge in [0.05, 0.1) is 0 Å². The largest absolute Gasteiger partial charge is 0.330 e. The number of fused-ring (bicyclic) bond motifs is 1. The molecule has 0 saturated heterocycles. The summed E-state index contributed by atoms with van der Waals surface area (Å²) in [5, 5.41) is 0.724. The fraction of sp³-hybridized carbons (Fsp3) is 0.455. The fourth-order valence-electron chi connectivity index (χ4n) is 1.80.